The van der Waals surface area contributed by atoms with E-state index < -0.39 is 0 Å². The molecule has 1 aromatic carbocycles. The van der Waals surface area contributed by atoms with Gasteiger partial charge in [0.25, 0.3) is 0 Å². The predicted octanol–water partition coefficient (Wildman–Crippen LogP) is 3.87. The predicted molar refractivity (Wildman–Crippen MR) is 76.0 cm³/mol. The van der Waals surface area contributed by atoms with E-state index in [1.54, 1.807) is 0 Å². The zero-order valence-corrected chi connectivity index (χ0v) is 11.5. The molecule has 0 aliphatic carbocycles. The van der Waals surface area contributed by atoms with Gasteiger partial charge < -0.3 is 5.32 Å². The normalized spacial score (nSPS) is 10.6. The zero-order valence-electron chi connectivity index (χ0n) is 10.8. The minimum Gasteiger partial charge on any atom is -0.378 e. The van der Waals surface area contributed by atoms with Crippen molar-refractivity contribution in [2.75, 3.05) is 5.32 Å². The molecule has 0 atom stereocenters. The monoisotopic (exact) mass is 263 g/mol. The van der Waals surface area contributed by atoms with E-state index in [4.69, 9.17) is 11.6 Å². The van der Waals surface area contributed by atoms with Crippen LogP contribution in [-0.2, 0) is 13.1 Å². The first-order valence-electron chi connectivity index (χ1n) is 6.22. The summed E-state index contributed by atoms with van der Waals surface area (Å²) in [6, 6.07) is 7.96. The first kappa shape index (κ1) is 13.0. The van der Waals surface area contributed by atoms with Crippen LogP contribution in [-0.4, -0.2) is 9.78 Å². The molecular weight excluding hydrogens is 246 g/mol. The Morgan fingerprint density at radius 2 is 2.17 bits per heavy atom. The highest BCUT2D eigenvalue weighted by atomic mass is 35.5. The van der Waals surface area contributed by atoms with Crippen LogP contribution in [0.5, 0.6) is 0 Å². The van der Waals surface area contributed by atoms with Crippen LogP contribution < -0.4 is 5.32 Å². The Balaban J connectivity index is 2.09. The summed E-state index contributed by atoms with van der Waals surface area (Å²) in [4.78, 5) is 0. The summed E-state index contributed by atoms with van der Waals surface area (Å²) < 4.78 is 2.03. The quantitative estimate of drug-likeness (QED) is 0.888. The summed E-state index contributed by atoms with van der Waals surface area (Å²) in [5.74, 6) is 0. The summed E-state index contributed by atoms with van der Waals surface area (Å²) in [6.45, 7) is 5.89. The Labute approximate surface area is 113 Å². The number of para-hydroxylation sites is 1. The van der Waals surface area contributed by atoms with Gasteiger partial charge >= 0.3 is 0 Å². The molecule has 0 radical (unpaired) electrons. The number of nitrogens with one attached hydrogen (secondary N) is 1. The molecule has 3 nitrogen and oxygen atoms in total. The second-order valence-corrected chi connectivity index (χ2v) is 4.74. The Hall–Kier alpha value is -1.48. The van der Waals surface area contributed by atoms with Gasteiger partial charge in [-0.1, -0.05) is 30.7 Å². The average molecular weight is 264 g/mol. The van der Waals surface area contributed by atoms with Crippen molar-refractivity contribution in [2.24, 2.45) is 0 Å². The van der Waals surface area contributed by atoms with Crippen molar-refractivity contribution in [3.05, 3.63) is 46.7 Å². The Bertz CT molecular complexity index is 499. The lowest BCUT2D eigenvalue weighted by Crippen LogP contribution is -2.09. The van der Waals surface area contributed by atoms with Gasteiger partial charge in [-0.2, -0.15) is 5.10 Å². The third kappa shape index (κ3) is 2.85. The second-order valence-electron chi connectivity index (χ2n) is 4.33. The molecule has 2 rings (SSSR count). The summed E-state index contributed by atoms with van der Waals surface area (Å²) in [6.07, 6.45) is 2.92. The highest BCUT2D eigenvalue weighted by Gasteiger charge is 2.05. The van der Waals surface area contributed by atoms with E-state index in [9.17, 15) is 0 Å². The maximum absolute atomic E-state index is 6.19. The van der Waals surface area contributed by atoms with Crippen LogP contribution in [0, 0.1) is 6.92 Å². The number of hydrogen-bond acceptors (Lipinski definition) is 2. The maximum atomic E-state index is 6.19. The van der Waals surface area contributed by atoms with Crippen molar-refractivity contribution in [3.63, 3.8) is 0 Å². The summed E-state index contributed by atoms with van der Waals surface area (Å²) >= 11 is 6.19. The molecule has 0 aliphatic rings. The largest absolute Gasteiger partial charge is 0.378 e. The standard InChI is InChI=1S/C14H18ClN3/c1-3-9-18-12(7-8-17-18)10-16-14-11(2)5-4-6-13(14)15/h4-8,16H,3,9-10H2,1-2H3. The lowest BCUT2D eigenvalue weighted by Gasteiger charge is -2.12. The lowest BCUT2D eigenvalue weighted by molar-refractivity contribution is 0.578. The Morgan fingerprint density at radius 1 is 1.33 bits per heavy atom. The molecule has 1 heterocycles. The van der Waals surface area contributed by atoms with Gasteiger partial charge in [-0.3, -0.25) is 4.68 Å². The number of benzene rings is 1. The Kier molecular flexibility index (Phi) is 4.26. The highest BCUT2D eigenvalue weighted by molar-refractivity contribution is 6.33. The van der Waals surface area contributed by atoms with Gasteiger partial charge in [0, 0.05) is 12.7 Å². The third-order valence-electron chi connectivity index (χ3n) is 2.91. The number of halogens is 1. The number of anilines is 1. The van der Waals surface area contributed by atoms with E-state index in [1.807, 2.05) is 29.1 Å². The Morgan fingerprint density at radius 3 is 2.89 bits per heavy atom. The lowest BCUT2D eigenvalue weighted by atomic mass is 10.2. The van der Waals surface area contributed by atoms with Crippen molar-refractivity contribution in [3.8, 4) is 0 Å². The number of aromatic nitrogens is 2. The van der Waals surface area contributed by atoms with Gasteiger partial charge in [0.1, 0.15) is 0 Å². The minimum absolute atomic E-state index is 0.741. The van der Waals surface area contributed by atoms with Crippen molar-refractivity contribution >= 4 is 17.3 Å². The molecule has 0 bridgehead atoms. The van der Waals surface area contributed by atoms with Gasteiger partial charge in [0.2, 0.25) is 0 Å². The number of hydrogen-bond donors (Lipinski definition) is 1. The third-order valence-corrected chi connectivity index (χ3v) is 3.22. The highest BCUT2D eigenvalue weighted by Crippen LogP contribution is 2.25. The molecule has 1 aromatic heterocycles. The van der Waals surface area contributed by atoms with Gasteiger partial charge in [0.05, 0.1) is 22.9 Å². The van der Waals surface area contributed by atoms with Crippen LogP contribution in [0.4, 0.5) is 5.69 Å². The van der Waals surface area contributed by atoms with E-state index in [0.717, 1.165) is 35.8 Å². The number of rotatable bonds is 5. The molecule has 96 valence electrons. The van der Waals surface area contributed by atoms with Crippen LogP contribution in [0.2, 0.25) is 5.02 Å². The number of nitrogens with zero attached hydrogens (tertiary/aromatic N) is 2. The molecule has 2 aromatic rings. The van der Waals surface area contributed by atoms with Gasteiger partial charge in [-0.05, 0) is 31.0 Å². The molecule has 0 spiro atoms. The van der Waals surface area contributed by atoms with Crippen LogP contribution >= 0.6 is 11.6 Å². The van der Waals surface area contributed by atoms with Gasteiger partial charge in [-0.25, -0.2) is 0 Å². The first-order valence-corrected chi connectivity index (χ1v) is 6.60. The van der Waals surface area contributed by atoms with E-state index in [0.29, 0.717) is 0 Å². The van der Waals surface area contributed by atoms with Crippen LogP contribution in [0.3, 0.4) is 0 Å². The summed E-state index contributed by atoms with van der Waals surface area (Å²) in [5.41, 5.74) is 3.34. The van der Waals surface area contributed by atoms with Crippen LogP contribution in [0.25, 0.3) is 0 Å². The zero-order chi connectivity index (χ0) is 13.0. The molecule has 0 aliphatic heterocycles. The van der Waals surface area contributed by atoms with Gasteiger partial charge in [0.15, 0.2) is 0 Å². The molecule has 0 saturated carbocycles. The van der Waals surface area contributed by atoms with Crippen molar-refractivity contribution in [1.29, 1.82) is 0 Å². The molecule has 18 heavy (non-hydrogen) atoms. The van der Waals surface area contributed by atoms with E-state index >= 15 is 0 Å². The maximum Gasteiger partial charge on any atom is 0.0640 e. The van der Waals surface area contributed by atoms with Crippen LogP contribution in [0.15, 0.2) is 30.5 Å². The van der Waals surface area contributed by atoms with Gasteiger partial charge in [-0.15, -0.1) is 0 Å². The fraction of sp³-hybridized carbons (Fsp3) is 0.357. The summed E-state index contributed by atoms with van der Waals surface area (Å²) in [5, 5.41) is 8.46. The number of aryl methyl sites for hydroxylation is 2. The van der Waals surface area contributed by atoms with Crippen molar-refractivity contribution in [2.45, 2.75) is 33.4 Å². The minimum atomic E-state index is 0.741. The van der Waals surface area contributed by atoms with E-state index in [-0.39, 0.29) is 0 Å². The fourth-order valence-electron chi connectivity index (χ4n) is 1.96. The fourth-order valence-corrected chi connectivity index (χ4v) is 2.25. The van der Waals surface area contributed by atoms with Crippen LogP contribution in [0.1, 0.15) is 24.6 Å². The molecular formula is C14H18ClN3. The van der Waals surface area contributed by atoms with E-state index in [2.05, 4.69) is 30.3 Å². The molecule has 0 unspecified atom stereocenters. The summed E-state index contributed by atoms with van der Waals surface area (Å²) in [7, 11) is 0. The molecule has 4 heteroatoms. The average Bonchev–Trinajstić information content (AvgIpc) is 2.77. The molecule has 0 fully saturated rings. The SMILES string of the molecule is CCCn1nccc1CNc1c(C)cccc1Cl. The van der Waals surface area contributed by atoms with Crippen molar-refractivity contribution < 1.29 is 0 Å². The molecule has 1 N–H and O–H groups in total. The smallest absolute Gasteiger partial charge is 0.0640 e. The molecule has 0 saturated heterocycles. The molecule has 0 amide bonds. The van der Waals surface area contributed by atoms with Crippen molar-refractivity contribution in [1.82, 2.24) is 9.78 Å². The first-order chi connectivity index (χ1) is 8.72. The topological polar surface area (TPSA) is 29.9 Å². The van der Waals surface area contributed by atoms with E-state index in [1.165, 1.54) is 5.69 Å². The second kappa shape index (κ2) is 5.91.